The average molecular weight is 314 g/mol. The monoisotopic (exact) mass is 314 g/mol. The summed E-state index contributed by atoms with van der Waals surface area (Å²) in [7, 11) is 0. The molecule has 1 amide bonds. The maximum Gasteiger partial charge on any atom is 0.227 e. The highest BCUT2D eigenvalue weighted by Gasteiger charge is 2.34. The molecule has 0 aliphatic carbocycles. The number of likely N-dealkylation sites (tertiary alicyclic amines) is 1. The van der Waals surface area contributed by atoms with Crippen molar-refractivity contribution in [1.29, 1.82) is 0 Å². The molecule has 2 atom stereocenters. The van der Waals surface area contributed by atoms with Gasteiger partial charge in [0.2, 0.25) is 5.91 Å². The van der Waals surface area contributed by atoms with E-state index in [1.165, 1.54) is 12.1 Å². The average Bonchev–Trinajstić information content (AvgIpc) is 2.92. The Labute approximate surface area is 134 Å². The molecule has 0 aromatic heterocycles. The second-order valence-corrected chi connectivity index (χ2v) is 5.93. The number of rotatable bonds is 3. The van der Waals surface area contributed by atoms with Crippen molar-refractivity contribution in [1.82, 2.24) is 4.90 Å². The molecular weight excluding hydrogens is 295 g/mol. The normalized spacial score (nSPS) is 20.7. The van der Waals surface area contributed by atoms with Crippen LogP contribution in [0.1, 0.15) is 17.0 Å². The number of aromatic hydroxyl groups is 1. The van der Waals surface area contributed by atoms with E-state index in [-0.39, 0.29) is 35.9 Å². The molecule has 3 rings (SSSR count). The van der Waals surface area contributed by atoms with E-state index >= 15 is 0 Å². The van der Waals surface area contributed by atoms with Crippen molar-refractivity contribution >= 4 is 5.91 Å². The number of amides is 1. The summed E-state index contributed by atoms with van der Waals surface area (Å²) in [6.07, 6.45) is 0.134. The van der Waals surface area contributed by atoms with Crippen LogP contribution in [0.15, 0.2) is 48.5 Å². The van der Waals surface area contributed by atoms with E-state index < -0.39 is 0 Å². The van der Waals surface area contributed by atoms with Gasteiger partial charge in [0.05, 0.1) is 6.42 Å². The van der Waals surface area contributed by atoms with Crippen molar-refractivity contribution in [2.75, 3.05) is 13.1 Å². The predicted octanol–water partition coefficient (Wildman–Crippen LogP) is 2.03. The van der Waals surface area contributed by atoms with Crippen molar-refractivity contribution in [3.05, 3.63) is 65.5 Å². The van der Waals surface area contributed by atoms with E-state index in [4.69, 9.17) is 5.73 Å². The molecule has 0 radical (unpaired) electrons. The highest BCUT2D eigenvalue weighted by atomic mass is 19.1. The molecule has 1 aliphatic rings. The van der Waals surface area contributed by atoms with Crippen molar-refractivity contribution < 1.29 is 14.3 Å². The fourth-order valence-corrected chi connectivity index (χ4v) is 3.06. The summed E-state index contributed by atoms with van der Waals surface area (Å²) in [6, 6.07) is 12.9. The number of nitrogens with zero attached hydrogens (tertiary/aromatic N) is 1. The maximum absolute atomic E-state index is 13.4. The van der Waals surface area contributed by atoms with Crippen LogP contribution in [-0.4, -0.2) is 35.0 Å². The van der Waals surface area contributed by atoms with E-state index in [2.05, 4.69) is 0 Å². The zero-order valence-corrected chi connectivity index (χ0v) is 12.7. The van der Waals surface area contributed by atoms with Crippen molar-refractivity contribution in [3.8, 4) is 5.75 Å². The molecule has 2 aromatic rings. The molecule has 1 saturated heterocycles. The third-order valence-corrected chi connectivity index (χ3v) is 4.33. The number of carbonyl (C=O) groups excluding carboxylic acids is 1. The van der Waals surface area contributed by atoms with E-state index in [0.29, 0.717) is 18.7 Å². The molecule has 3 N–H and O–H groups in total. The molecule has 0 spiro atoms. The van der Waals surface area contributed by atoms with Crippen molar-refractivity contribution in [2.45, 2.75) is 18.4 Å². The lowest BCUT2D eigenvalue weighted by Crippen LogP contribution is -2.33. The molecule has 23 heavy (non-hydrogen) atoms. The standard InChI is InChI=1S/C18H19FN2O2/c19-14-6-3-5-12(8-14)15-10-21(11-16(15)20)18(23)9-13-4-1-2-7-17(13)22/h1-8,15-16,22H,9-11,20H2/t15-,16+/m0/s1. The van der Waals surface area contributed by atoms with Gasteiger partial charge in [0.1, 0.15) is 11.6 Å². The maximum atomic E-state index is 13.4. The van der Waals surface area contributed by atoms with Gasteiger partial charge in [-0.25, -0.2) is 4.39 Å². The zero-order chi connectivity index (χ0) is 16.4. The first-order valence-corrected chi connectivity index (χ1v) is 7.60. The summed E-state index contributed by atoms with van der Waals surface area (Å²) < 4.78 is 13.4. The van der Waals surface area contributed by atoms with Gasteiger partial charge in [-0.05, 0) is 23.8 Å². The van der Waals surface area contributed by atoms with E-state index in [0.717, 1.165) is 5.56 Å². The highest BCUT2D eigenvalue weighted by molar-refractivity contribution is 5.80. The molecule has 2 aromatic carbocycles. The number of benzene rings is 2. The Morgan fingerprint density at radius 3 is 2.74 bits per heavy atom. The summed E-state index contributed by atoms with van der Waals surface area (Å²) >= 11 is 0. The van der Waals surface area contributed by atoms with Crippen LogP contribution in [0.2, 0.25) is 0 Å². The molecule has 4 nitrogen and oxygen atoms in total. The van der Waals surface area contributed by atoms with Crippen LogP contribution >= 0.6 is 0 Å². The van der Waals surface area contributed by atoms with Crippen LogP contribution < -0.4 is 5.73 Å². The van der Waals surface area contributed by atoms with E-state index in [1.807, 2.05) is 6.07 Å². The summed E-state index contributed by atoms with van der Waals surface area (Å²) in [5, 5.41) is 9.78. The Morgan fingerprint density at radius 1 is 1.22 bits per heavy atom. The number of para-hydroxylation sites is 1. The van der Waals surface area contributed by atoms with Crippen LogP contribution in [0.5, 0.6) is 5.75 Å². The van der Waals surface area contributed by atoms with Gasteiger partial charge in [-0.2, -0.15) is 0 Å². The quantitative estimate of drug-likeness (QED) is 0.911. The first-order valence-electron chi connectivity index (χ1n) is 7.60. The summed E-state index contributed by atoms with van der Waals surface area (Å²) in [5.41, 5.74) is 7.56. The van der Waals surface area contributed by atoms with Crippen molar-refractivity contribution in [3.63, 3.8) is 0 Å². The molecule has 5 heteroatoms. The summed E-state index contributed by atoms with van der Waals surface area (Å²) in [6.45, 7) is 0.907. The molecular formula is C18H19FN2O2. The van der Waals surface area contributed by atoms with Crippen LogP contribution in [0.4, 0.5) is 4.39 Å². The topological polar surface area (TPSA) is 66.6 Å². The molecule has 0 saturated carbocycles. The smallest absolute Gasteiger partial charge is 0.227 e. The Morgan fingerprint density at radius 2 is 2.00 bits per heavy atom. The second kappa shape index (κ2) is 6.38. The Kier molecular flexibility index (Phi) is 4.30. The van der Waals surface area contributed by atoms with Crippen LogP contribution in [0.3, 0.4) is 0 Å². The number of hydrogen-bond acceptors (Lipinski definition) is 3. The lowest BCUT2D eigenvalue weighted by Gasteiger charge is -2.17. The molecule has 0 unspecified atom stereocenters. The SMILES string of the molecule is N[C@@H]1CN(C(=O)Cc2ccccc2O)C[C@H]1c1cccc(F)c1. The molecule has 120 valence electrons. The van der Waals surface area contributed by atoms with Crippen LogP contribution in [-0.2, 0) is 11.2 Å². The van der Waals surface area contributed by atoms with Gasteiger partial charge in [-0.1, -0.05) is 30.3 Å². The van der Waals surface area contributed by atoms with Gasteiger partial charge in [0.15, 0.2) is 0 Å². The lowest BCUT2D eigenvalue weighted by atomic mass is 9.95. The number of halogens is 1. The van der Waals surface area contributed by atoms with Gasteiger partial charge in [-0.3, -0.25) is 4.79 Å². The van der Waals surface area contributed by atoms with Crippen molar-refractivity contribution in [2.24, 2.45) is 5.73 Å². The number of carbonyl (C=O) groups is 1. The fraction of sp³-hybridized carbons (Fsp3) is 0.278. The lowest BCUT2D eigenvalue weighted by molar-refractivity contribution is -0.129. The minimum Gasteiger partial charge on any atom is -0.508 e. The van der Waals surface area contributed by atoms with Gasteiger partial charge in [0, 0.05) is 30.6 Å². The summed E-state index contributed by atoms with van der Waals surface area (Å²) in [4.78, 5) is 14.1. The first-order chi connectivity index (χ1) is 11.0. The number of hydrogen-bond donors (Lipinski definition) is 2. The number of phenols is 1. The fourth-order valence-electron chi connectivity index (χ4n) is 3.06. The Hall–Kier alpha value is -2.40. The van der Waals surface area contributed by atoms with Gasteiger partial charge < -0.3 is 15.7 Å². The number of nitrogens with two attached hydrogens (primary N) is 1. The third-order valence-electron chi connectivity index (χ3n) is 4.33. The first kappa shape index (κ1) is 15.5. The molecule has 1 heterocycles. The molecule has 0 bridgehead atoms. The van der Waals surface area contributed by atoms with E-state index in [9.17, 15) is 14.3 Å². The Bertz CT molecular complexity index is 720. The molecule has 1 aliphatic heterocycles. The van der Waals surface area contributed by atoms with Gasteiger partial charge >= 0.3 is 0 Å². The largest absolute Gasteiger partial charge is 0.508 e. The second-order valence-electron chi connectivity index (χ2n) is 5.93. The van der Waals surface area contributed by atoms with Crippen LogP contribution in [0.25, 0.3) is 0 Å². The van der Waals surface area contributed by atoms with E-state index in [1.54, 1.807) is 35.2 Å². The zero-order valence-electron chi connectivity index (χ0n) is 12.7. The molecule has 1 fully saturated rings. The minimum absolute atomic E-state index is 0.0704. The minimum atomic E-state index is -0.298. The van der Waals surface area contributed by atoms with Gasteiger partial charge in [-0.15, -0.1) is 0 Å². The Balaban J connectivity index is 1.71. The summed E-state index contributed by atoms with van der Waals surface area (Å²) in [5.74, 6) is -0.334. The third kappa shape index (κ3) is 3.35. The highest BCUT2D eigenvalue weighted by Crippen LogP contribution is 2.28. The predicted molar refractivity (Wildman–Crippen MR) is 85.5 cm³/mol. The number of phenolic OH excluding ortho intramolecular Hbond substituents is 1. The van der Waals surface area contributed by atoms with Gasteiger partial charge in [0.25, 0.3) is 0 Å². The van der Waals surface area contributed by atoms with Crippen LogP contribution in [0, 0.1) is 5.82 Å².